The standard InChI is InChI=1S/C12H19N3OS/c1-2-13-12-9-11(3-6-14-12)15-10-4-7-17(16)8-5-10/h3,6,9-10H,2,4-5,7-8H2,1H3,(H2,13,14,15). The number of aromatic nitrogens is 1. The van der Waals surface area contributed by atoms with Crippen molar-refractivity contribution in [2.75, 3.05) is 28.7 Å². The zero-order valence-corrected chi connectivity index (χ0v) is 10.9. The van der Waals surface area contributed by atoms with Crippen molar-refractivity contribution < 1.29 is 4.21 Å². The predicted octanol–water partition coefficient (Wildman–Crippen LogP) is 1.84. The molecular weight excluding hydrogens is 234 g/mol. The molecule has 0 unspecified atom stereocenters. The summed E-state index contributed by atoms with van der Waals surface area (Å²) in [5.74, 6) is 2.54. The van der Waals surface area contributed by atoms with Crippen molar-refractivity contribution in [1.29, 1.82) is 0 Å². The van der Waals surface area contributed by atoms with Gasteiger partial charge in [0.25, 0.3) is 0 Å². The molecular formula is C12H19N3OS. The van der Waals surface area contributed by atoms with Gasteiger partial charge in [0.15, 0.2) is 0 Å². The highest BCUT2D eigenvalue weighted by atomic mass is 32.2. The summed E-state index contributed by atoms with van der Waals surface area (Å²) in [4.78, 5) is 4.23. The van der Waals surface area contributed by atoms with Crippen molar-refractivity contribution in [3.63, 3.8) is 0 Å². The zero-order chi connectivity index (χ0) is 12.1. The molecule has 0 spiro atoms. The number of pyridine rings is 1. The van der Waals surface area contributed by atoms with Crippen LogP contribution in [-0.4, -0.2) is 33.3 Å². The van der Waals surface area contributed by atoms with Gasteiger partial charge in [-0.15, -0.1) is 0 Å². The lowest BCUT2D eigenvalue weighted by atomic mass is 10.1. The maximum absolute atomic E-state index is 11.3. The molecule has 94 valence electrons. The summed E-state index contributed by atoms with van der Waals surface area (Å²) in [6.45, 7) is 2.93. The molecule has 2 heterocycles. The average molecular weight is 253 g/mol. The normalized spacial score (nSPS) is 24.3. The Kier molecular flexibility index (Phi) is 4.36. The summed E-state index contributed by atoms with van der Waals surface area (Å²) in [6, 6.07) is 4.45. The van der Waals surface area contributed by atoms with E-state index in [0.29, 0.717) is 6.04 Å². The highest BCUT2D eigenvalue weighted by Gasteiger charge is 2.17. The molecule has 1 aromatic heterocycles. The third-order valence-corrected chi connectivity index (χ3v) is 4.26. The smallest absolute Gasteiger partial charge is 0.127 e. The van der Waals surface area contributed by atoms with E-state index < -0.39 is 10.8 Å². The lowest BCUT2D eigenvalue weighted by Crippen LogP contribution is -2.29. The van der Waals surface area contributed by atoms with Crippen molar-refractivity contribution in [3.8, 4) is 0 Å². The fourth-order valence-corrected chi connectivity index (χ4v) is 3.27. The summed E-state index contributed by atoms with van der Waals surface area (Å²) in [6.07, 6.45) is 3.79. The number of hydrogen-bond donors (Lipinski definition) is 2. The first kappa shape index (κ1) is 12.4. The molecule has 2 rings (SSSR count). The van der Waals surface area contributed by atoms with Crippen molar-refractivity contribution in [2.24, 2.45) is 0 Å². The molecule has 0 atom stereocenters. The highest BCUT2D eigenvalue weighted by Crippen LogP contribution is 2.18. The molecule has 0 bridgehead atoms. The van der Waals surface area contributed by atoms with Crippen molar-refractivity contribution in [2.45, 2.75) is 25.8 Å². The van der Waals surface area contributed by atoms with Gasteiger partial charge in [-0.1, -0.05) is 0 Å². The zero-order valence-electron chi connectivity index (χ0n) is 10.1. The Hall–Kier alpha value is -1.10. The van der Waals surface area contributed by atoms with Gasteiger partial charge in [0.2, 0.25) is 0 Å². The predicted molar refractivity (Wildman–Crippen MR) is 72.9 cm³/mol. The molecule has 0 radical (unpaired) electrons. The van der Waals surface area contributed by atoms with E-state index in [1.54, 1.807) is 6.20 Å². The van der Waals surface area contributed by atoms with Gasteiger partial charge in [-0.3, -0.25) is 4.21 Å². The summed E-state index contributed by atoms with van der Waals surface area (Å²) in [5, 5.41) is 6.68. The number of nitrogens with zero attached hydrogens (tertiary/aromatic N) is 1. The third kappa shape index (κ3) is 3.70. The molecule has 0 aromatic carbocycles. The first-order valence-electron chi connectivity index (χ1n) is 6.09. The molecule has 0 aliphatic carbocycles. The second kappa shape index (κ2) is 6.00. The summed E-state index contributed by atoms with van der Waals surface area (Å²) in [7, 11) is -0.591. The maximum atomic E-state index is 11.3. The van der Waals surface area contributed by atoms with Crippen LogP contribution in [0.1, 0.15) is 19.8 Å². The van der Waals surface area contributed by atoms with Crippen molar-refractivity contribution in [3.05, 3.63) is 18.3 Å². The van der Waals surface area contributed by atoms with Crippen molar-refractivity contribution >= 4 is 22.3 Å². The number of anilines is 2. The largest absolute Gasteiger partial charge is 0.382 e. The van der Waals surface area contributed by atoms with Gasteiger partial charge in [-0.2, -0.15) is 0 Å². The summed E-state index contributed by atoms with van der Waals surface area (Å²) < 4.78 is 11.3. The fraction of sp³-hybridized carbons (Fsp3) is 0.583. The fourth-order valence-electron chi connectivity index (χ4n) is 1.97. The van der Waals surface area contributed by atoms with Gasteiger partial charge < -0.3 is 10.6 Å². The van der Waals surface area contributed by atoms with Crippen LogP contribution in [-0.2, 0) is 10.8 Å². The SMILES string of the molecule is CCNc1cc(NC2CCS(=O)CC2)ccn1. The van der Waals surface area contributed by atoms with Gasteiger partial charge in [0, 0.05) is 52.8 Å². The maximum Gasteiger partial charge on any atom is 0.127 e. The minimum atomic E-state index is -0.591. The van der Waals surface area contributed by atoms with E-state index in [0.717, 1.165) is 42.4 Å². The average Bonchev–Trinajstić information content (AvgIpc) is 2.33. The van der Waals surface area contributed by atoms with Crippen molar-refractivity contribution in [1.82, 2.24) is 4.98 Å². The Morgan fingerprint density at radius 2 is 2.24 bits per heavy atom. The van der Waals surface area contributed by atoms with Crippen LogP contribution >= 0.6 is 0 Å². The van der Waals surface area contributed by atoms with Gasteiger partial charge in [0.1, 0.15) is 5.82 Å². The second-order valence-electron chi connectivity index (χ2n) is 4.23. The van der Waals surface area contributed by atoms with Gasteiger partial charge in [-0.25, -0.2) is 4.98 Å². The first-order chi connectivity index (χ1) is 8.28. The van der Waals surface area contributed by atoms with E-state index in [1.807, 2.05) is 12.1 Å². The highest BCUT2D eigenvalue weighted by molar-refractivity contribution is 7.85. The molecule has 5 heteroatoms. The Labute approximate surface area is 105 Å². The minimum Gasteiger partial charge on any atom is -0.382 e. The molecule has 1 aliphatic rings. The Bertz CT molecular complexity index is 387. The van der Waals surface area contributed by atoms with E-state index in [9.17, 15) is 4.21 Å². The van der Waals surface area contributed by atoms with E-state index >= 15 is 0 Å². The molecule has 1 aromatic rings. The number of rotatable bonds is 4. The summed E-state index contributed by atoms with van der Waals surface area (Å²) in [5.41, 5.74) is 1.09. The minimum absolute atomic E-state index is 0.449. The molecule has 0 amide bonds. The van der Waals surface area contributed by atoms with Crippen LogP contribution in [0.2, 0.25) is 0 Å². The Morgan fingerprint density at radius 1 is 1.47 bits per heavy atom. The van der Waals surface area contributed by atoms with Crippen LogP contribution in [0.15, 0.2) is 18.3 Å². The van der Waals surface area contributed by atoms with E-state index in [4.69, 9.17) is 0 Å². The van der Waals surface area contributed by atoms with E-state index in [-0.39, 0.29) is 0 Å². The van der Waals surface area contributed by atoms with E-state index in [1.165, 1.54) is 0 Å². The number of nitrogens with one attached hydrogen (secondary N) is 2. The quantitative estimate of drug-likeness (QED) is 0.859. The van der Waals surface area contributed by atoms with Crippen LogP contribution in [0, 0.1) is 0 Å². The molecule has 1 aliphatic heterocycles. The van der Waals surface area contributed by atoms with Crippen LogP contribution in [0.4, 0.5) is 11.5 Å². The summed E-state index contributed by atoms with van der Waals surface area (Å²) >= 11 is 0. The third-order valence-electron chi connectivity index (χ3n) is 2.88. The van der Waals surface area contributed by atoms with Gasteiger partial charge in [0.05, 0.1) is 0 Å². The Morgan fingerprint density at radius 3 is 2.94 bits per heavy atom. The van der Waals surface area contributed by atoms with Crippen LogP contribution in [0.25, 0.3) is 0 Å². The second-order valence-corrected chi connectivity index (χ2v) is 5.92. The first-order valence-corrected chi connectivity index (χ1v) is 7.58. The van der Waals surface area contributed by atoms with Gasteiger partial charge in [-0.05, 0) is 25.8 Å². The molecule has 4 nitrogen and oxygen atoms in total. The number of hydrogen-bond acceptors (Lipinski definition) is 4. The van der Waals surface area contributed by atoms with Crippen LogP contribution in [0.3, 0.4) is 0 Å². The molecule has 2 N–H and O–H groups in total. The lowest BCUT2D eigenvalue weighted by Gasteiger charge is -2.23. The molecule has 1 fully saturated rings. The molecule has 1 saturated heterocycles. The van der Waals surface area contributed by atoms with Gasteiger partial charge >= 0.3 is 0 Å². The molecule has 0 saturated carbocycles. The van der Waals surface area contributed by atoms with E-state index in [2.05, 4.69) is 22.5 Å². The lowest BCUT2D eigenvalue weighted by molar-refractivity contribution is 0.624. The Balaban J connectivity index is 1.93. The monoisotopic (exact) mass is 253 g/mol. The van der Waals surface area contributed by atoms with Crippen LogP contribution in [0.5, 0.6) is 0 Å². The molecule has 17 heavy (non-hydrogen) atoms. The topological polar surface area (TPSA) is 54.0 Å². The van der Waals surface area contributed by atoms with Crippen LogP contribution < -0.4 is 10.6 Å².